The molecule has 74 valence electrons. The summed E-state index contributed by atoms with van der Waals surface area (Å²) < 4.78 is 0. The van der Waals surface area contributed by atoms with Crippen molar-refractivity contribution >= 4 is 22.8 Å². The lowest BCUT2D eigenvalue weighted by molar-refractivity contribution is 1.61. The van der Waals surface area contributed by atoms with Crippen molar-refractivity contribution in [2.75, 3.05) is 5.73 Å². The van der Waals surface area contributed by atoms with Gasteiger partial charge < -0.3 is 5.73 Å². The Bertz CT molecular complexity index is 460. The maximum absolute atomic E-state index is 5.62. The molecular weight excluding hydrogens is 202 g/mol. The van der Waals surface area contributed by atoms with Gasteiger partial charge in [-0.05, 0) is 23.3 Å². The highest BCUT2D eigenvalue weighted by atomic mass is 32.1. The monoisotopic (exact) mass is 213 g/mol. The SMILES string of the molecule is Nc1ccc(C(=S)c2ccccc2)cc1. The molecule has 0 spiro atoms. The number of benzene rings is 2. The lowest BCUT2D eigenvalue weighted by Crippen LogP contribution is -1.99. The smallest absolute Gasteiger partial charge is 0.0521 e. The van der Waals surface area contributed by atoms with Gasteiger partial charge in [0.25, 0.3) is 0 Å². The van der Waals surface area contributed by atoms with Crippen LogP contribution in [0.4, 0.5) is 5.69 Å². The van der Waals surface area contributed by atoms with E-state index < -0.39 is 0 Å². The van der Waals surface area contributed by atoms with E-state index in [1.807, 2.05) is 54.6 Å². The summed E-state index contributed by atoms with van der Waals surface area (Å²) in [4.78, 5) is 0.857. The zero-order chi connectivity index (χ0) is 10.7. The van der Waals surface area contributed by atoms with Crippen LogP contribution in [0.25, 0.3) is 0 Å². The number of rotatable bonds is 2. The third-order valence-electron chi connectivity index (χ3n) is 2.21. The van der Waals surface area contributed by atoms with E-state index in [1.165, 1.54) is 0 Å². The van der Waals surface area contributed by atoms with Gasteiger partial charge in [0.15, 0.2) is 0 Å². The highest BCUT2D eigenvalue weighted by molar-refractivity contribution is 7.81. The molecule has 0 radical (unpaired) electrons. The zero-order valence-electron chi connectivity index (χ0n) is 8.18. The minimum Gasteiger partial charge on any atom is -0.399 e. The minimum atomic E-state index is 0.759. The Labute approximate surface area is 94.6 Å². The van der Waals surface area contributed by atoms with Crippen molar-refractivity contribution in [2.45, 2.75) is 0 Å². The third kappa shape index (κ3) is 2.22. The van der Waals surface area contributed by atoms with E-state index in [2.05, 4.69) is 0 Å². The lowest BCUT2D eigenvalue weighted by Gasteiger charge is -2.04. The van der Waals surface area contributed by atoms with Gasteiger partial charge in [-0.3, -0.25) is 0 Å². The topological polar surface area (TPSA) is 26.0 Å². The molecule has 0 aliphatic heterocycles. The number of hydrogen-bond donors (Lipinski definition) is 1. The molecule has 0 heterocycles. The molecule has 0 fully saturated rings. The van der Waals surface area contributed by atoms with E-state index in [0.717, 1.165) is 21.7 Å². The van der Waals surface area contributed by atoms with Crippen LogP contribution in [0.15, 0.2) is 54.6 Å². The van der Waals surface area contributed by atoms with Crippen LogP contribution in [0.5, 0.6) is 0 Å². The molecule has 2 heteroatoms. The van der Waals surface area contributed by atoms with Gasteiger partial charge in [-0.15, -0.1) is 0 Å². The normalized spacial score (nSPS) is 9.87. The Hall–Kier alpha value is -1.67. The molecule has 2 aromatic carbocycles. The summed E-state index contributed by atoms with van der Waals surface area (Å²) >= 11 is 5.39. The fourth-order valence-corrected chi connectivity index (χ4v) is 1.66. The van der Waals surface area contributed by atoms with E-state index in [1.54, 1.807) is 0 Å². The molecule has 0 aliphatic carbocycles. The molecule has 15 heavy (non-hydrogen) atoms. The van der Waals surface area contributed by atoms with Crippen LogP contribution in [0.2, 0.25) is 0 Å². The molecule has 0 bridgehead atoms. The fourth-order valence-electron chi connectivity index (χ4n) is 1.39. The predicted molar refractivity (Wildman–Crippen MR) is 68.1 cm³/mol. The predicted octanol–water partition coefficient (Wildman–Crippen LogP) is 3.04. The zero-order valence-corrected chi connectivity index (χ0v) is 9.00. The molecule has 0 saturated heterocycles. The van der Waals surface area contributed by atoms with E-state index in [0.29, 0.717) is 0 Å². The first kappa shape index (κ1) is 9.87. The summed E-state index contributed by atoms with van der Waals surface area (Å²) in [5.74, 6) is 0. The van der Waals surface area contributed by atoms with Crippen LogP contribution in [-0.4, -0.2) is 4.86 Å². The first-order valence-corrected chi connectivity index (χ1v) is 5.13. The minimum absolute atomic E-state index is 0.759. The molecule has 1 nitrogen and oxygen atoms in total. The highest BCUT2D eigenvalue weighted by Gasteiger charge is 2.02. The van der Waals surface area contributed by atoms with Crippen LogP contribution in [0, 0.1) is 0 Å². The Morgan fingerprint density at radius 1 is 0.800 bits per heavy atom. The molecule has 0 atom stereocenters. The maximum Gasteiger partial charge on any atom is 0.0521 e. The second-order valence-corrected chi connectivity index (χ2v) is 3.73. The second-order valence-electron chi connectivity index (χ2n) is 3.32. The van der Waals surface area contributed by atoms with E-state index >= 15 is 0 Å². The van der Waals surface area contributed by atoms with Gasteiger partial charge in [0, 0.05) is 5.69 Å². The van der Waals surface area contributed by atoms with Gasteiger partial charge in [0.2, 0.25) is 0 Å². The van der Waals surface area contributed by atoms with Crippen LogP contribution in [-0.2, 0) is 0 Å². The van der Waals surface area contributed by atoms with Crippen molar-refractivity contribution in [3.05, 3.63) is 65.7 Å². The molecule has 0 unspecified atom stereocenters. The maximum atomic E-state index is 5.62. The first-order chi connectivity index (χ1) is 7.27. The molecule has 0 aliphatic rings. The first-order valence-electron chi connectivity index (χ1n) is 4.72. The van der Waals surface area contributed by atoms with E-state index in [4.69, 9.17) is 18.0 Å². The van der Waals surface area contributed by atoms with Crippen molar-refractivity contribution in [1.29, 1.82) is 0 Å². The fraction of sp³-hybridized carbons (Fsp3) is 0. The van der Waals surface area contributed by atoms with Gasteiger partial charge >= 0.3 is 0 Å². The largest absolute Gasteiger partial charge is 0.399 e. The summed E-state index contributed by atoms with van der Waals surface area (Å²) in [6, 6.07) is 17.6. The summed E-state index contributed by atoms with van der Waals surface area (Å²) in [6.07, 6.45) is 0. The van der Waals surface area contributed by atoms with Crippen LogP contribution < -0.4 is 5.73 Å². The molecule has 2 rings (SSSR count). The van der Waals surface area contributed by atoms with Crippen LogP contribution >= 0.6 is 12.2 Å². The van der Waals surface area contributed by atoms with Crippen LogP contribution in [0.1, 0.15) is 11.1 Å². The summed E-state index contributed by atoms with van der Waals surface area (Å²) in [5, 5.41) is 0. The van der Waals surface area contributed by atoms with Crippen molar-refractivity contribution in [1.82, 2.24) is 0 Å². The number of anilines is 1. The van der Waals surface area contributed by atoms with Crippen molar-refractivity contribution < 1.29 is 0 Å². The Morgan fingerprint density at radius 3 is 1.93 bits per heavy atom. The molecule has 0 aromatic heterocycles. The summed E-state index contributed by atoms with van der Waals surface area (Å²) in [5.41, 5.74) is 8.48. The highest BCUT2D eigenvalue weighted by Crippen LogP contribution is 2.12. The Morgan fingerprint density at radius 2 is 1.33 bits per heavy atom. The van der Waals surface area contributed by atoms with Gasteiger partial charge in [-0.25, -0.2) is 0 Å². The second kappa shape index (κ2) is 4.24. The van der Waals surface area contributed by atoms with Gasteiger partial charge in [0.1, 0.15) is 0 Å². The van der Waals surface area contributed by atoms with Gasteiger partial charge in [-0.2, -0.15) is 0 Å². The number of hydrogen-bond acceptors (Lipinski definition) is 2. The van der Waals surface area contributed by atoms with Crippen molar-refractivity contribution in [3.8, 4) is 0 Å². The summed E-state index contributed by atoms with van der Waals surface area (Å²) in [6.45, 7) is 0. The lowest BCUT2D eigenvalue weighted by atomic mass is 10.0. The van der Waals surface area contributed by atoms with Crippen molar-refractivity contribution in [2.24, 2.45) is 0 Å². The van der Waals surface area contributed by atoms with Gasteiger partial charge in [0.05, 0.1) is 4.86 Å². The molecule has 2 aromatic rings. The molecule has 0 saturated carbocycles. The van der Waals surface area contributed by atoms with E-state index in [-0.39, 0.29) is 0 Å². The molecular formula is C13H11NS. The number of nitrogens with two attached hydrogens (primary N) is 1. The van der Waals surface area contributed by atoms with Gasteiger partial charge in [-0.1, -0.05) is 54.7 Å². The number of nitrogen functional groups attached to an aromatic ring is 1. The standard InChI is InChI=1S/C13H11NS/c14-12-8-6-11(7-9-12)13(15)10-4-2-1-3-5-10/h1-9H,14H2. The van der Waals surface area contributed by atoms with Crippen molar-refractivity contribution in [3.63, 3.8) is 0 Å². The molecule has 2 N–H and O–H groups in total. The molecule has 0 amide bonds. The average Bonchev–Trinajstić information content (AvgIpc) is 2.30. The summed E-state index contributed by atoms with van der Waals surface area (Å²) in [7, 11) is 0. The quantitative estimate of drug-likeness (QED) is 0.471. The average molecular weight is 213 g/mol. The Kier molecular flexibility index (Phi) is 2.79. The third-order valence-corrected chi connectivity index (χ3v) is 2.68. The number of thiocarbonyl (C=S) groups is 1. The Balaban J connectivity index is 2.33. The van der Waals surface area contributed by atoms with E-state index in [9.17, 15) is 0 Å². The van der Waals surface area contributed by atoms with Crippen LogP contribution in [0.3, 0.4) is 0 Å².